The molecule has 1 amide bonds. The highest BCUT2D eigenvalue weighted by molar-refractivity contribution is 14.1. The van der Waals surface area contributed by atoms with E-state index < -0.39 is 0 Å². The van der Waals surface area contributed by atoms with E-state index in [1.54, 1.807) is 7.05 Å². The normalized spacial score (nSPS) is 14.2. The minimum Gasteiger partial charge on any atom is -0.366 e. The molecule has 1 fully saturated rings. The Morgan fingerprint density at radius 3 is 2.81 bits per heavy atom. The Bertz CT molecular complexity index is 699. The first kappa shape index (κ1) is 14.5. The fourth-order valence-corrected chi connectivity index (χ4v) is 3.09. The van der Waals surface area contributed by atoms with Crippen molar-refractivity contribution < 1.29 is 4.79 Å². The summed E-state index contributed by atoms with van der Waals surface area (Å²) >= 11 is 2.26. The first-order valence-electron chi connectivity index (χ1n) is 7.10. The third-order valence-corrected chi connectivity index (χ3v) is 4.43. The average molecular weight is 396 g/mol. The van der Waals surface area contributed by atoms with Crippen LogP contribution in [-0.2, 0) is 0 Å². The quantitative estimate of drug-likeness (QED) is 0.808. The molecule has 0 spiro atoms. The molecule has 1 N–H and O–H groups in total. The van der Waals surface area contributed by atoms with Crippen molar-refractivity contribution in [3.8, 4) is 0 Å². The molecule has 0 bridgehead atoms. The molecule has 0 aliphatic heterocycles. The largest absolute Gasteiger partial charge is 0.366 e. The number of carbonyl (C=O) groups is 1. The Kier molecular flexibility index (Phi) is 3.97. The number of fused-ring (bicyclic) bond motifs is 1. The number of amides is 1. The second-order valence-corrected chi connectivity index (χ2v) is 6.40. The molecule has 3 rings (SSSR count). The van der Waals surface area contributed by atoms with Crippen LogP contribution in [0.1, 0.15) is 30.3 Å². The summed E-state index contributed by atoms with van der Waals surface area (Å²) in [6, 6.07) is 6.60. The molecular weight excluding hydrogens is 379 g/mol. The minimum atomic E-state index is -0.183. The van der Waals surface area contributed by atoms with Crippen LogP contribution in [0.4, 0.5) is 5.69 Å². The van der Waals surface area contributed by atoms with Crippen LogP contribution < -0.4 is 10.2 Å². The highest BCUT2D eigenvalue weighted by Crippen LogP contribution is 2.37. The molecule has 2 aromatic rings. The molecular formula is C15H17IN4O. The third-order valence-electron chi connectivity index (χ3n) is 3.75. The Hall–Kier alpha value is -1.44. The van der Waals surface area contributed by atoms with Gasteiger partial charge in [0.15, 0.2) is 5.69 Å². The summed E-state index contributed by atoms with van der Waals surface area (Å²) in [4.78, 5) is 14.5. The highest BCUT2D eigenvalue weighted by Gasteiger charge is 2.32. The van der Waals surface area contributed by atoms with Gasteiger partial charge >= 0.3 is 0 Å². The van der Waals surface area contributed by atoms with Gasteiger partial charge in [-0.2, -0.15) is 0 Å². The number of nitrogens with zero attached hydrogens (tertiary/aromatic N) is 3. The number of anilines is 1. The third kappa shape index (κ3) is 2.68. The molecule has 1 aliphatic carbocycles. The van der Waals surface area contributed by atoms with Crippen LogP contribution in [0, 0.1) is 3.57 Å². The smallest absolute Gasteiger partial charge is 0.273 e. The highest BCUT2D eigenvalue weighted by atomic mass is 127. The van der Waals surface area contributed by atoms with Crippen LogP contribution in [0.3, 0.4) is 0 Å². The molecule has 0 saturated heterocycles. The fraction of sp³-hybridized carbons (Fsp3) is 0.400. The van der Waals surface area contributed by atoms with Gasteiger partial charge in [0.2, 0.25) is 0 Å². The molecule has 0 unspecified atom stereocenters. The molecule has 5 nitrogen and oxygen atoms in total. The monoisotopic (exact) mass is 396 g/mol. The molecule has 1 heterocycles. The van der Waals surface area contributed by atoms with Crippen LogP contribution in [0.5, 0.6) is 0 Å². The van der Waals surface area contributed by atoms with Crippen LogP contribution in [0.2, 0.25) is 0 Å². The van der Waals surface area contributed by atoms with E-state index in [1.807, 2.05) is 18.2 Å². The molecule has 21 heavy (non-hydrogen) atoms. The number of nitrogens with one attached hydrogen (secondary N) is 1. The van der Waals surface area contributed by atoms with Crippen molar-refractivity contribution >= 4 is 45.1 Å². The summed E-state index contributed by atoms with van der Waals surface area (Å²) in [5, 5.41) is 12.1. The molecule has 6 heteroatoms. The molecule has 110 valence electrons. The fourth-order valence-electron chi connectivity index (χ4n) is 2.61. The molecule has 1 aliphatic rings. The number of hydrogen-bond acceptors (Lipinski definition) is 4. The maximum atomic E-state index is 12.2. The second kappa shape index (κ2) is 5.75. The lowest BCUT2D eigenvalue weighted by Crippen LogP contribution is -2.30. The van der Waals surface area contributed by atoms with E-state index in [1.165, 1.54) is 12.8 Å². The lowest BCUT2D eigenvalue weighted by molar-refractivity contribution is 0.0958. The zero-order valence-corrected chi connectivity index (χ0v) is 14.2. The van der Waals surface area contributed by atoms with E-state index in [-0.39, 0.29) is 5.91 Å². The van der Waals surface area contributed by atoms with Crippen LogP contribution >= 0.6 is 22.6 Å². The Morgan fingerprint density at radius 1 is 1.43 bits per heavy atom. The van der Waals surface area contributed by atoms with Crippen LogP contribution in [0.25, 0.3) is 10.9 Å². The van der Waals surface area contributed by atoms with E-state index >= 15 is 0 Å². The van der Waals surface area contributed by atoms with Crippen molar-refractivity contribution in [1.82, 2.24) is 15.5 Å². The molecule has 1 aromatic carbocycles. The van der Waals surface area contributed by atoms with E-state index in [4.69, 9.17) is 0 Å². The maximum Gasteiger partial charge on any atom is 0.273 e. The number of hydrogen-bond donors (Lipinski definition) is 1. The summed E-state index contributed by atoms with van der Waals surface area (Å²) < 4.78 is 1.11. The first-order chi connectivity index (χ1) is 10.2. The lowest BCUT2D eigenvalue weighted by Gasteiger charge is -2.25. The average Bonchev–Trinajstić information content (AvgIpc) is 3.32. The Labute approximate surface area is 137 Å². The zero-order chi connectivity index (χ0) is 15.0. The van der Waals surface area contributed by atoms with Crippen molar-refractivity contribution in [2.24, 2.45) is 0 Å². The van der Waals surface area contributed by atoms with Gasteiger partial charge in [-0.05, 0) is 60.6 Å². The lowest BCUT2D eigenvalue weighted by atomic mass is 10.1. The Morgan fingerprint density at radius 2 is 2.19 bits per heavy atom. The van der Waals surface area contributed by atoms with Crippen molar-refractivity contribution in [2.45, 2.75) is 25.8 Å². The summed E-state index contributed by atoms with van der Waals surface area (Å²) in [5.41, 5.74) is 2.17. The van der Waals surface area contributed by atoms with E-state index in [0.29, 0.717) is 11.7 Å². The molecule has 0 radical (unpaired) electrons. The van der Waals surface area contributed by atoms with E-state index in [0.717, 1.165) is 26.7 Å². The zero-order valence-electron chi connectivity index (χ0n) is 12.1. The Balaban J connectivity index is 2.26. The molecule has 0 atom stereocenters. The standard InChI is InChI=1S/C15H17IN4O/c1-3-20(10-5-6-10)14-11-7-4-9(16)8-12(11)18-19-13(14)15(21)17-2/h4,7-8,10H,3,5-6H2,1-2H3,(H,17,21). The number of carbonyl (C=O) groups excluding carboxylic acids is 1. The maximum absolute atomic E-state index is 12.2. The topological polar surface area (TPSA) is 58.1 Å². The predicted molar refractivity (Wildman–Crippen MR) is 91.7 cm³/mol. The van der Waals surface area contributed by atoms with E-state index in [9.17, 15) is 4.79 Å². The van der Waals surface area contributed by atoms with Gasteiger partial charge in [0.05, 0.1) is 11.2 Å². The summed E-state index contributed by atoms with van der Waals surface area (Å²) in [6.07, 6.45) is 2.35. The number of benzene rings is 1. The van der Waals surface area contributed by atoms with Gasteiger partial charge in [-0.3, -0.25) is 4.79 Å². The summed E-state index contributed by atoms with van der Waals surface area (Å²) in [7, 11) is 1.62. The minimum absolute atomic E-state index is 0.183. The van der Waals surface area contributed by atoms with Crippen molar-refractivity contribution in [1.29, 1.82) is 0 Å². The van der Waals surface area contributed by atoms with Crippen LogP contribution in [-0.4, -0.2) is 35.7 Å². The number of rotatable bonds is 4. The number of aromatic nitrogens is 2. The summed E-state index contributed by atoms with van der Waals surface area (Å²) in [5.74, 6) is -0.183. The molecule has 1 saturated carbocycles. The second-order valence-electron chi connectivity index (χ2n) is 5.15. The van der Waals surface area contributed by atoms with E-state index in [2.05, 4.69) is 49.9 Å². The first-order valence-corrected chi connectivity index (χ1v) is 8.18. The van der Waals surface area contributed by atoms with Crippen LogP contribution in [0.15, 0.2) is 18.2 Å². The van der Waals surface area contributed by atoms with Gasteiger partial charge in [-0.1, -0.05) is 0 Å². The van der Waals surface area contributed by atoms with Crippen molar-refractivity contribution in [2.75, 3.05) is 18.5 Å². The predicted octanol–water partition coefficient (Wildman–Crippen LogP) is 2.58. The van der Waals surface area contributed by atoms with Crippen molar-refractivity contribution in [3.05, 3.63) is 27.5 Å². The van der Waals surface area contributed by atoms with Crippen molar-refractivity contribution in [3.63, 3.8) is 0 Å². The number of halogens is 1. The van der Waals surface area contributed by atoms with Gasteiger partial charge in [-0.15, -0.1) is 10.2 Å². The van der Waals surface area contributed by atoms with Gasteiger partial charge in [0.25, 0.3) is 5.91 Å². The van der Waals surface area contributed by atoms with Gasteiger partial charge in [-0.25, -0.2) is 0 Å². The van der Waals surface area contributed by atoms with Gasteiger partial charge in [0.1, 0.15) is 0 Å². The SMILES string of the molecule is CCN(c1c(C(=O)NC)nnc2cc(I)ccc12)C1CC1. The summed E-state index contributed by atoms with van der Waals surface area (Å²) in [6.45, 7) is 2.98. The molecule has 1 aromatic heterocycles. The van der Waals surface area contributed by atoms with Gasteiger partial charge in [0, 0.05) is 28.6 Å². The van der Waals surface area contributed by atoms with Gasteiger partial charge < -0.3 is 10.2 Å².